The van der Waals surface area contributed by atoms with Crippen molar-refractivity contribution >= 4 is 0 Å². The Labute approximate surface area is 210 Å². The molecule has 4 atom stereocenters. The van der Waals surface area contributed by atoms with Crippen molar-refractivity contribution in [1.82, 2.24) is 0 Å². The van der Waals surface area contributed by atoms with Crippen LogP contribution in [0.5, 0.6) is 0 Å². The van der Waals surface area contributed by atoms with Crippen LogP contribution in [-0.4, -0.2) is 0 Å². The zero-order valence-electron chi connectivity index (χ0n) is 22.1. The Kier molecular flexibility index (Phi) is 10.1. The average Bonchev–Trinajstić information content (AvgIpc) is 2.87. The van der Waals surface area contributed by atoms with Gasteiger partial charge in [-0.3, -0.25) is 0 Å². The lowest BCUT2D eigenvalue weighted by Crippen LogP contribution is -2.34. The van der Waals surface area contributed by atoms with E-state index in [1.165, 1.54) is 96.3 Å². The van der Waals surface area contributed by atoms with E-state index in [0.29, 0.717) is 5.92 Å². The molecule has 190 valence electrons. The molecule has 3 saturated carbocycles. The Hall–Kier alpha value is -1.11. The number of allylic oxidation sites excluding steroid dienone is 1. The van der Waals surface area contributed by atoms with Crippen molar-refractivity contribution in [3.63, 3.8) is 0 Å². The van der Waals surface area contributed by atoms with Crippen LogP contribution >= 0.6 is 0 Å². The summed E-state index contributed by atoms with van der Waals surface area (Å²) < 4.78 is 14.8. The molecule has 1 aromatic rings. The minimum absolute atomic E-state index is 0.0349. The van der Waals surface area contributed by atoms with Crippen molar-refractivity contribution in [2.45, 2.75) is 128 Å². The monoisotopic (exact) mass is 466 g/mol. The molecule has 0 aromatic heterocycles. The Bertz CT molecular complexity index is 743. The van der Waals surface area contributed by atoms with Gasteiger partial charge >= 0.3 is 0 Å². The van der Waals surface area contributed by atoms with Crippen LogP contribution in [0, 0.1) is 35.4 Å². The summed E-state index contributed by atoms with van der Waals surface area (Å²) in [5.74, 6) is 5.43. The summed E-state index contributed by atoms with van der Waals surface area (Å²) in [5, 5.41) is 0. The van der Waals surface area contributed by atoms with Crippen molar-refractivity contribution in [2.75, 3.05) is 0 Å². The summed E-state index contributed by atoms with van der Waals surface area (Å²) in [6.07, 6.45) is 26.5. The van der Waals surface area contributed by atoms with Crippen LogP contribution in [0.4, 0.5) is 4.39 Å². The molecule has 0 bridgehead atoms. The Morgan fingerprint density at radius 1 is 0.824 bits per heavy atom. The van der Waals surface area contributed by atoms with Gasteiger partial charge in [-0.1, -0.05) is 70.1 Å². The number of fused-ring (bicyclic) bond motifs is 1. The lowest BCUT2D eigenvalue weighted by Gasteiger charge is -2.45. The van der Waals surface area contributed by atoms with E-state index in [4.69, 9.17) is 0 Å². The van der Waals surface area contributed by atoms with E-state index < -0.39 is 0 Å². The SMILES string of the molecule is C=CCCc1ccc(C2CCC(C3CCC4CC(CCCCCCC)CCC4C3)CC2)c(F)c1. The van der Waals surface area contributed by atoms with Crippen LogP contribution in [0.3, 0.4) is 0 Å². The second-order valence-corrected chi connectivity index (χ2v) is 12.3. The maximum absolute atomic E-state index is 14.8. The zero-order valence-corrected chi connectivity index (χ0v) is 22.1. The van der Waals surface area contributed by atoms with Crippen LogP contribution in [0.1, 0.15) is 133 Å². The molecule has 1 heteroatoms. The molecule has 0 heterocycles. The third kappa shape index (κ3) is 6.98. The third-order valence-electron chi connectivity index (χ3n) is 10.1. The van der Waals surface area contributed by atoms with Crippen LogP contribution in [0.2, 0.25) is 0 Å². The van der Waals surface area contributed by atoms with Crippen molar-refractivity contribution in [2.24, 2.45) is 29.6 Å². The van der Waals surface area contributed by atoms with Crippen LogP contribution < -0.4 is 0 Å². The number of halogens is 1. The standard InChI is InChI=1S/C33H51F/c1-3-5-7-8-9-11-25-12-14-31-24-30(20-19-29(31)22-25)27-15-17-28(18-16-27)32-21-13-26(10-6-4-2)23-33(32)34/h4,13,21,23,25,27-31H,2-3,5-12,14-20,22,24H2,1H3. The molecular weight excluding hydrogens is 415 g/mol. The molecule has 4 rings (SSSR count). The number of rotatable bonds is 11. The quantitative estimate of drug-likeness (QED) is 0.225. The van der Waals surface area contributed by atoms with Gasteiger partial charge in [0.1, 0.15) is 5.82 Å². The topological polar surface area (TPSA) is 0 Å². The molecule has 0 nitrogen and oxygen atoms in total. The summed E-state index contributed by atoms with van der Waals surface area (Å²) in [6.45, 7) is 6.10. The number of unbranched alkanes of at least 4 members (excludes halogenated alkanes) is 4. The first-order valence-electron chi connectivity index (χ1n) is 15.1. The lowest BCUT2D eigenvalue weighted by molar-refractivity contribution is 0.0612. The summed E-state index contributed by atoms with van der Waals surface area (Å²) in [4.78, 5) is 0. The van der Waals surface area contributed by atoms with Gasteiger partial charge in [-0.15, -0.1) is 6.58 Å². The van der Waals surface area contributed by atoms with Gasteiger partial charge in [-0.05, 0) is 123 Å². The molecule has 0 spiro atoms. The van der Waals surface area contributed by atoms with Gasteiger partial charge in [0.05, 0.1) is 0 Å². The predicted molar refractivity (Wildman–Crippen MR) is 145 cm³/mol. The van der Waals surface area contributed by atoms with Crippen LogP contribution in [0.15, 0.2) is 30.9 Å². The van der Waals surface area contributed by atoms with Gasteiger partial charge in [-0.25, -0.2) is 4.39 Å². The second kappa shape index (κ2) is 13.3. The van der Waals surface area contributed by atoms with E-state index in [9.17, 15) is 4.39 Å². The van der Waals surface area contributed by atoms with Crippen LogP contribution in [0.25, 0.3) is 0 Å². The van der Waals surface area contributed by atoms with Gasteiger partial charge in [0, 0.05) is 0 Å². The molecule has 4 unspecified atom stereocenters. The molecular formula is C33H51F. The molecule has 3 aliphatic carbocycles. The van der Waals surface area contributed by atoms with Crippen molar-refractivity contribution < 1.29 is 4.39 Å². The number of benzene rings is 1. The molecule has 3 fully saturated rings. The largest absolute Gasteiger partial charge is 0.207 e. The number of hydrogen-bond acceptors (Lipinski definition) is 0. The predicted octanol–water partition coefficient (Wildman–Crippen LogP) is 10.4. The summed E-state index contributed by atoms with van der Waals surface area (Å²) in [5.41, 5.74) is 2.09. The fourth-order valence-electron chi connectivity index (χ4n) is 7.98. The zero-order chi connectivity index (χ0) is 23.8. The van der Waals surface area contributed by atoms with Gasteiger partial charge in [0.2, 0.25) is 0 Å². The normalized spacial score (nSPS) is 31.7. The van der Waals surface area contributed by atoms with E-state index in [-0.39, 0.29) is 5.82 Å². The van der Waals surface area contributed by atoms with Crippen molar-refractivity contribution in [1.29, 1.82) is 0 Å². The first kappa shape index (κ1) is 26.0. The molecule has 34 heavy (non-hydrogen) atoms. The molecule has 3 aliphatic rings. The second-order valence-electron chi connectivity index (χ2n) is 12.3. The molecule has 0 amide bonds. The van der Waals surface area contributed by atoms with Crippen molar-refractivity contribution in [3.8, 4) is 0 Å². The van der Waals surface area contributed by atoms with E-state index in [1.54, 1.807) is 12.5 Å². The highest BCUT2D eigenvalue weighted by Crippen LogP contribution is 2.50. The molecule has 1 aromatic carbocycles. The smallest absolute Gasteiger partial charge is 0.126 e. The molecule has 0 aliphatic heterocycles. The molecule has 0 N–H and O–H groups in total. The van der Waals surface area contributed by atoms with Gasteiger partial charge in [0.15, 0.2) is 0 Å². The molecule has 0 radical (unpaired) electrons. The van der Waals surface area contributed by atoms with Crippen LogP contribution in [-0.2, 0) is 6.42 Å². The van der Waals surface area contributed by atoms with E-state index in [2.05, 4.69) is 25.6 Å². The summed E-state index contributed by atoms with van der Waals surface area (Å²) in [7, 11) is 0. The number of hydrogen-bond donors (Lipinski definition) is 0. The fourth-order valence-corrected chi connectivity index (χ4v) is 7.98. The van der Waals surface area contributed by atoms with Crippen molar-refractivity contribution in [3.05, 3.63) is 47.8 Å². The third-order valence-corrected chi connectivity index (χ3v) is 10.1. The van der Waals surface area contributed by atoms with E-state index in [0.717, 1.165) is 53.6 Å². The Balaban J connectivity index is 1.20. The highest BCUT2D eigenvalue weighted by molar-refractivity contribution is 5.28. The maximum Gasteiger partial charge on any atom is 0.126 e. The first-order valence-corrected chi connectivity index (χ1v) is 15.1. The van der Waals surface area contributed by atoms with E-state index >= 15 is 0 Å². The van der Waals surface area contributed by atoms with E-state index in [1.807, 2.05) is 6.08 Å². The summed E-state index contributed by atoms with van der Waals surface area (Å²) in [6, 6.07) is 6.02. The minimum atomic E-state index is 0.0349. The van der Waals surface area contributed by atoms with Gasteiger partial charge in [-0.2, -0.15) is 0 Å². The first-order chi connectivity index (χ1) is 16.7. The highest BCUT2D eigenvalue weighted by Gasteiger charge is 2.38. The Morgan fingerprint density at radius 3 is 2.24 bits per heavy atom. The number of aryl methyl sites for hydroxylation is 1. The Morgan fingerprint density at radius 2 is 1.50 bits per heavy atom. The van der Waals surface area contributed by atoms with Gasteiger partial charge < -0.3 is 0 Å². The fraction of sp³-hybridized carbons (Fsp3) is 0.758. The van der Waals surface area contributed by atoms with Gasteiger partial charge in [0.25, 0.3) is 0 Å². The lowest BCUT2D eigenvalue weighted by atomic mass is 9.60. The minimum Gasteiger partial charge on any atom is -0.207 e. The molecule has 0 saturated heterocycles. The average molecular weight is 467 g/mol. The maximum atomic E-state index is 14.8. The summed E-state index contributed by atoms with van der Waals surface area (Å²) >= 11 is 0. The highest BCUT2D eigenvalue weighted by atomic mass is 19.1.